The van der Waals surface area contributed by atoms with Gasteiger partial charge in [0, 0.05) is 50.9 Å². The molecule has 5 rings (SSSR count). The lowest BCUT2D eigenvalue weighted by Crippen LogP contribution is -2.51. The molecular formula is C27H29Cl2N3O3S2. The predicted octanol–water partition coefficient (Wildman–Crippen LogP) is 5.42. The molecule has 2 aliphatic heterocycles. The average molecular weight is 579 g/mol. The Balaban J connectivity index is 1.36. The van der Waals surface area contributed by atoms with Crippen molar-refractivity contribution >= 4 is 56.2 Å². The largest absolute Gasteiger partial charge is 0.368 e. The van der Waals surface area contributed by atoms with Crippen molar-refractivity contribution in [3.8, 4) is 0 Å². The second kappa shape index (κ2) is 10.6. The van der Waals surface area contributed by atoms with E-state index in [0.29, 0.717) is 13.1 Å². The van der Waals surface area contributed by atoms with E-state index in [0.717, 1.165) is 30.0 Å². The fourth-order valence-corrected chi connectivity index (χ4v) is 8.92. The first-order valence-electron chi connectivity index (χ1n) is 12.3. The molecule has 0 unspecified atom stereocenters. The molecule has 0 radical (unpaired) electrons. The molecule has 196 valence electrons. The zero-order valence-electron chi connectivity index (χ0n) is 20.7. The van der Waals surface area contributed by atoms with Crippen LogP contribution < -0.4 is 4.90 Å². The molecule has 0 aliphatic carbocycles. The van der Waals surface area contributed by atoms with Gasteiger partial charge in [-0.1, -0.05) is 71.2 Å². The van der Waals surface area contributed by atoms with Crippen LogP contribution in [0.3, 0.4) is 0 Å². The number of nitrogens with zero attached hydrogens (tertiary/aromatic N) is 3. The number of halogens is 2. The van der Waals surface area contributed by atoms with Gasteiger partial charge in [-0.3, -0.25) is 4.79 Å². The minimum Gasteiger partial charge on any atom is -0.368 e. The molecule has 3 aromatic rings. The van der Waals surface area contributed by atoms with Crippen LogP contribution in [-0.2, 0) is 14.8 Å². The Kier molecular flexibility index (Phi) is 7.58. The Morgan fingerprint density at radius 2 is 1.65 bits per heavy atom. The van der Waals surface area contributed by atoms with Gasteiger partial charge >= 0.3 is 0 Å². The first-order valence-corrected chi connectivity index (χ1v) is 15.3. The third kappa shape index (κ3) is 5.27. The van der Waals surface area contributed by atoms with Gasteiger partial charge in [-0.05, 0) is 37.1 Å². The van der Waals surface area contributed by atoms with Gasteiger partial charge in [-0.25, -0.2) is 8.42 Å². The van der Waals surface area contributed by atoms with E-state index < -0.39 is 15.9 Å². The molecule has 1 amide bonds. The van der Waals surface area contributed by atoms with Gasteiger partial charge in [0.25, 0.3) is 10.0 Å². The van der Waals surface area contributed by atoms with E-state index in [1.807, 2.05) is 35.2 Å². The van der Waals surface area contributed by atoms with E-state index in [1.165, 1.54) is 27.2 Å². The van der Waals surface area contributed by atoms with E-state index in [9.17, 15) is 13.2 Å². The highest BCUT2D eigenvalue weighted by atomic mass is 35.5. The van der Waals surface area contributed by atoms with Crippen LogP contribution >= 0.6 is 34.5 Å². The third-order valence-electron chi connectivity index (χ3n) is 7.33. The maximum atomic E-state index is 13.9. The van der Waals surface area contributed by atoms with E-state index in [1.54, 1.807) is 0 Å². The number of sulfonamides is 1. The van der Waals surface area contributed by atoms with Crippen molar-refractivity contribution in [2.45, 2.75) is 24.0 Å². The molecule has 6 nitrogen and oxygen atoms in total. The summed E-state index contributed by atoms with van der Waals surface area (Å²) in [6.45, 7) is 7.26. The summed E-state index contributed by atoms with van der Waals surface area (Å²) >= 11 is 13.1. The molecule has 3 heterocycles. The van der Waals surface area contributed by atoms with Crippen LogP contribution in [0.15, 0.2) is 58.8 Å². The number of anilines is 1. The number of carbonyl (C=O) groups excluding carboxylic acids is 1. The topological polar surface area (TPSA) is 60.9 Å². The quantitative estimate of drug-likeness (QED) is 0.406. The van der Waals surface area contributed by atoms with Gasteiger partial charge in [0.05, 0.1) is 10.9 Å². The highest BCUT2D eigenvalue weighted by Crippen LogP contribution is 2.41. The van der Waals surface area contributed by atoms with Gasteiger partial charge in [-0.15, -0.1) is 11.3 Å². The number of piperazine rings is 1. The Hall–Kier alpha value is -2.10. The van der Waals surface area contributed by atoms with Crippen molar-refractivity contribution in [1.29, 1.82) is 0 Å². The lowest BCUT2D eigenvalue weighted by atomic mass is 9.88. The predicted molar refractivity (Wildman–Crippen MR) is 150 cm³/mol. The molecule has 2 fully saturated rings. The number of thiophene rings is 1. The Labute approximate surface area is 232 Å². The zero-order valence-corrected chi connectivity index (χ0v) is 23.9. The SMILES string of the molecule is Cc1ccc(N2CCN(C(=O)[C@@H]3CN(S(=O)(=O)c4cc(Cl)c(Cl)s4)C[C@H]3c3ccccc3)CC2)c(C)c1. The second-order valence-corrected chi connectivity index (χ2v) is 14.0. The maximum Gasteiger partial charge on any atom is 0.252 e. The molecule has 0 N–H and O–H groups in total. The number of hydrogen-bond acceptors (Lipinski definition) is 5. The third-order valence-corrected chi connectivity index (χ3v) is 11.5. The number of aryl methyl sites for hydroxylation is 2. The first kappa shape index (κ1) is 26.5. The van der Waals surface area contributed by atoms with E-state index in [4.69, 9.17) is 23.2 Å². The lowest BCUT2D eigenvalue weighted by Gasteiger charge is -2.38. The minimum atomic E-state index is -3.83. The fraction of sp³-hybridized carbons (Fsp3) is 0.370. The highest BCUT2D eigenvalue weighted by molar-refractivity contribution is 7.91. The number of amides is 1. The summed E-state index contributed by atoms with van der Waals surface area (Å²) in [7, 11) is -3.83. The van der Waals surface area contributed by atoms with Gasteiger partial charge in [0.15, 0.2) is 0 Å². The Morgan fingerprint density at radius 1 is 0.946 bits per heavy atom. The number of hydrogen-bond donors (Lipinski definition) is 0. The molecule has 0 spiro atoms. The van der Waals surface area contributed by atoms with Crippen molar-refractivity contribution in [2.24, 2.45) is 5.92 Å². The molecule has 10 heteroatoms. The normalized spacial score (nSPS) is 21.0. The van der Waals surface area contributed by atoms with Crippen molar-refractivity contribution in [2.75, 3.05) is 44.2 Å². The van der Waals surface area contributed by atoms with Crippen LogP contribution in [0.5, 0.6) is 0 Å². The highest BCUT2D eigenvalue weighted by Gasteiger charge is 2.45. The van der Waals surface area contributed by atoms with Crippen molar-refractivity contribution < 1.29 is 13.2 Å². The smallest absolute Gasteiger partial charge is 0.252 e. The zero-order chi connectivity index (χ0) is 26.3. The standard InChI is InChI=1S/C27H29Cl2N3O3S2/c1-18-8-9-24(19(2)14-18)30-10-12-31(13-11-30)27(33)22-17-32(16-21(22)20-6-4-3-5-7-20)37(34,35)25-15-23(28)26(29)36-25/h3-9,14-15,21-22H,10-13,16-17H2,1-2H3/t21-,22+/m0/s1. The van der Waals surface area contributed by atoms with E-state index in [-0.39, 0.29) is 38.5 Å². The summed E-state index contributed by atoms with van der Waals surface area (Å²) in [6, 6.07) is 17.6. The molecule has 2 saturated heterocycles. The summed E-state index contributed by atoms with van der Waals surface area (Å²) < 4.78 is 28.7. The van der Waals surface area contributed by atoms with Gasteiger partial charge < -0.3 is 9.80 Å². The van der Waals surface area contributed by atoms with Crippen molar-refractivity contribution in [1.82, 2.24) is 9.21 Å². The molecule has 2 aromatic carbocycles. The Bertz CT molecular complexity index is 1380. The summed E-state index contributed by atoms with van der Waals surface area (Å²) in [4.78, 5) is 18.1. The van der Waals surface area contributed by atoms with Crippen LogP contribution in [0.1, 0.15) is 22.6 Å². The van der Waals surface area contributed by atoms with Gasteiger partial charge in [-0.2, -0.15) is 4.31 Å². The first-order chi connectivity index (χ1) is 17.6. The van der Waals surface area contributed by atoms with Crippen LogP contribution in [0.4, 0.5) is 5.69 Å². The summed E-state index contributed by atoms with van der Waals surface area (Å²) in [6.07, 6.45) is 0. The van der Waals surface area contributed by atoms with Gasteiger partial charge in [0.1, 0.15) is 8.55 Å². The minimum absolute atomic E-state index is 0.00840. The molecule has 0 saturated carbocycles. The molecule has 2 atom stereocenters. The van der Waals surface area contributed by atoms with Crippen molar-refractivity contribution in [3.05, 3.63) is 80.6 Å². The number of carbonyl (C=O) groups is 1. The molecule has 0 bridgehead atoms. The molecule has 1 aromatic heterocycles. The van der Waals surface area contributed by atoms with Gasteiger partial charge in [0.2, 0.25) is 5.91 Å². The van der Waals surface area contributed by atoms with Crippen LogP contribution in [0.25, 0.3) is 0 Å². The molecule has 37 heavy (non-hydrogen) atoms. The molecular weight excluding hydrogens is 549 g/mol. The van der Waals surface area contributed by atoms with Crippen molar-refractivity contribution in [3.63, 3.8) is 0 Å². The number of benzene rings is 2. The average Bonchev–Trinajstić information content (AvgIpc) is 3.49. The molecule has 2 aliphatic rings. The van der Waals surface area contributed by atoms with Crippen LogP contribution in [0.2, 0.25) is 9.36 Å². The second-order valence-electron chi connectivity index (χ2n) is 9.74. The summed E-state index contributed by atoms with van der Waals surface area (Å²) in [5.74, 6) is -0.684. The number of rotatable bonds is 5. The maximum absolute atomic E-state index is 13.9. The fourth-order valence-electron chi connectivity index (χ4n) is 5.40. The lowest BCUT2D eigenvalue weighted by molar-refractivity contribution is -0.135. The monoisotopic (exact) mass is 577 g/mol. The summed E-state index contributed by atoms with van der Waals surface area (Å²) in [5, 5.41) is 0.221. The Morgan fingerprint density at radius 3 is 2.27 bits per heavy atom. The van der Waals surface area contributed by atoms with Crippen LogP contribution in [-0.4, -0.2) is 62.8 Å². The van der Waals surface area contributed by atoms with E-state index >= 15 is 0 Å². The summed E-state index contributed by atoms with van der Waals surface area (Å²) in [5.41, 5.74) is 4.63. The van der Waals surface area contributed by atoms with Crippen LogP contribution in [0, 0.1) is 19.8 Å². The van der Waals surface area contributed by atoms with E-state index in [2.05, 4.69) is 36.9 Å².